The van der Waals surface area contributed by atoms with Crippen molar-refractivity contribution >= 4 is 5.69 Å². The first-order valence-electron chi connectivity index (χ1n) is 5.73. The Bertz CT molecular complexity index is 424. The lowest BCUT2D eigenvalue weighted by Crippen LogP contribution is -2.32. The molecule has 0 aromatic heterocycles. The first-order valence-corrected chi connectivity index (χ1v) is 5.73. The second-order valence-electron chi connectivity index (χ2n) is 4.33. The highest BCUT2D eigenvalue weighted by Gasteiger charge is 2.15. The largest absolute Gasteiger partial charge is 0.395 e. The van der Waals surface area contributed by atoms with Crippen LogP contribution in [0.5, 0.6) is 0 Å². The van der Waals surface area contributed by atoms with Crippen LogP contribution in [0.2, 0.25) is 0 Å². The number of hydrogen-bond acceptors (Lipinski definition) is 4. The summed E-state index contributed by atoms with van der Waals surface area (Å²) in [5.41, 5.74) is 0.136. The quantitative estimate of drug-likeness (QED) is 0.624. The van der Waals surface area contributed by atoms with Crippen molar-refractivity contribution < 1.29 is 14.4 Å². The molecule has 0 atom stereocenters. The third-order valence-electron chi connectivity index (χ3n) is 2.71. The minimum atomic E-state index is -0.829. The van der Waals surface area contributed by atoms with Crippen molar-refractivity contribution in [3.8, 4) is 0 Å². The van der Waals surface area contributed by atoms with Crippen molar-refractivity contribution in [3.63, 3.8) is 0 Å². The zero-order valence-corrected chi connectivity index (χ0v) is 10.5. The van der Waals surface area contributed by atoms with Crippen molar-refractivity contribution in [2.24, 2.45) is 0 Å². The van der Waals surface area contributed by atoms with Gasteiger partial charge in [0.1, 0.15) is 0 Å². The highest BCUT2D eigenvalue weighted by atomic mass is 19.1. The Kier molecular flexibility index (Phi) is 5.18. The van der Waals surface area contributed by atoms with Crippen LogP contribution in [-0.2, 0) is 6.54 Å². The molecule has 0 amide bonds. The van der Waals surface area contributed by atoms with E-state index in [0.29, 0.717) is 18.7 Å². The molecule has 6 heteroatoms. The maximum Gasteiger partial charge on any atom is 0.304 e. The van der Waals surface area contributed by atoms with Crippen molar-refractivity contribution in [2.45, 2.75) is 26.4 Å². The molecule has 0 saturated carbocycles. The Balaban J connectivity index is 2.84. The first kappa shape index (κ1) is 14.5. The van der Waals surface area contributed by atoms with E-state index in [9.17, 15) is 14.5 Å². The molecule has 0 heterocycles. The summed E-state index contributed by atoms with van der Waals surface area (Å²) in [6, 6.07) is 4.08. The van der Waals surface area contributed by atoms with E-state index in [1.807, 2.05) is 18.7 Å². The van der Waals surface area contributed by atoms with Crippen LogP contribution in [0.1, 0.15) is 19.4 Å². The molecule has 0 fully saturated rings. The lowest BCUT2D eigenvalue weighted by Gasteiger charge is -2.25. The fourth-order valence-corrected chi connectivity index (χ4v) is 1.68. The van der Waals surface area contributed by atoms with Gasteiger partial charge in [-0.1, -0.05) is 6.07 Å². The van der Waals surface area contributed by atoms with Gasteiger partial charge in [0.2, 0.25) is 5.82 Å². The van der Waals surface area contributed by atoms with Gasteiger partial charge in [0.05, 0.1) is 11.5 Å². The van der Waals surface area contributed by atoms with Crippen LogP contribution < -0.4 is 0 Å². The van der Waals surface area contributed by atoms with Crippen LogP contribution in [0.15, 0.2) is 18.2 Å². The van der Waals surface area contributed by atoms with E-state index in [2.05, 4.69) is 0 Å². The Morgan fingerprint density at radius 3 is 2.61 bits per heavy atom. The van der Waals surface area contributed by atoms with E-state index in [-0.39, 0.29) is 12.6 Å². The van der Waals surface area contributed by atoms with Gasteiger partial charge in [0.25, 0.3) is 0 Å². The summed E-state index contributed by atoms with van der Waals surface area (Å²) in [6.45, 7) is 4.89. The smallest absolute Gasteiger partial charge is 0.304 e. The number of aliphatic hydroxyl groups excluding tert-OH is 1. The van der Waals surface area contributed by atoms with E-state index >= 15 is 0 Å². The topological polar surface area (TPSA) is 66.6 Å². The Morgan fingerprint density at radius 2 is 2.17 bits per heavy atom. The van der Waals surface area contributed by atoms with Gasteiger partial charge in [0.15, 0.2) is 0 Å². The second-order valence-corrected chi connectivity index (χ2v) is 4.33. The average Bonchev–Trinajstić information content (AvgIpc) is 2.27. The van der Waals surface area contributed by atoms with E-state index in [1.54, 1.807) is 0 Å². The van der Waals surface area contributed by atoms with Crippen molar-refractivity contribution in [2.75, 3.05) is 13.2 Å². The molecule has 0 aliphatic heterocycles. The number of benzene rings is 1. The standard InChI is InChI=1S/C12H17FN2O3/c1-9(2)14(5-6-16)8-10-3-4-12(15(17)18)11(13)7-10/h3-4,7,9,16H,5-6,8H2,1-2H3. The van der Waals surface area contributed by atoms with Gasteiger partial charge >= 0.3 is 5.69 Å². The number of nitro groups is 1. The molecule has 0 bridgehead atoms. The zero-order chi connectivity index (χ0) is 13.7. The van der Waals surface area contributed by atoms with Crippen LogP contribution in [-0.4, -0.2) is 34.1 Å². The van der Waals surface area contributed by atoms with Gasteiger partial charge in [-0.15, -0.1) is 0 Å². The van der Waals surface area contributed by atoms with E-state index < -0.39 is 16.4 Å². The predicted molar refractivity (Wildman–Crippen MR) is 65.7 cm³/mol. The third-order valence-corrected chi connectivity index (χ3v) is 2.71. The molecule has 1 N–H and O–H groups in total. The minimum absolute atomic E-state index is 0.0215. The SMILES string of the molecule is CC(C)N(CCO)Cc1ccc([N+](=O)[O-])c(F)c1. The molecule has 0 spiro atoms. The normalized spacial score (nSPS) is 11.2. The summed E-state index contributed by atoms with van der Waals surface area (Å²) in [5.74, 6) is -0.829. The molecular formula is C12H17FN2O3. The second kappa shape index (κ2) is 6.42. The minimum Gasteiger partial charge on any atom is -0.395 e. The number of nitro benzene ring substituents is 1. The number of nitrogens with zero attached hydrogens (tertiary/aromatic N) is 2. The fraction of sp³-hybridized carbons (Fsp3) is 0.500. The van der Waals surface area contributed by atoms with Crippen molar-refractivity contribution in [1.82, 2.24) is 4.90 Å². The molecule has 0 unspecified atom stereocenters. The third kappa shape index (κ3) is 3.75. The molecule has 0 aliphatic carbocycles. The fourth-order valence-electron chi connectivity index (χ4n) is 1.68. The summed E-state index contributed by atoms with van der Waals surface area (Å²) in [7, 11) is 0. The highest BCUT2D eigenvalue weighted by Crippen LogP contribution is 2.19. The summed E-state index contributed by atoms with van der Waals surface area (Å²) >= 11 is 0. The average molecular weight is 256 g/mol. The zero-order valence-electron chi connectivity index (χ0n) is 10.5. The molecule has 100 valence electrons. The van der Waals surface area contributed by atoms with Crippen LogP contribution in [0, 0.1) is 15.9 Å². The van der Waals surface area contributed by atoms with E-state index in [4.69, 9.17) is 5.11 Å². The predicted octanol–water partition coefficient (Wildman–Crippen LogP) is 1.94. The molecule has 1 aromatic carbocycles. The van der Waals surface area contributed by atoms with Gasteiger partial charge in [0, 0.05) is 25.2 Å². The number of rotatable bonds is 6. The van der Waals surface area contributed by atoms with Crippen LogP contribution in [0.4, 0.5) is 10.1 Å². The molecular weight excluding hydrogens is 239 g/mol. The van der Waals surface area contributed by atoms with Gasteiger partial charge < -0.3 is 5.11 Å². The number of hydrogen-bond donors (Lipinski definition) is 1. The lowest BCUT2D eigenvalue weighted by atomic mass is 10.1. The maximum absolute atomic E-state index is 13.4. The summed E-state index contributed by atoms with van der Waals surface area (Å²) in [6.07, 6.45) is 0. The van der Waals surface area contributed by atoms with Crippen molar-refractivity contribution in [1.29, 1.82) is 0 Å². The van der Waals surface area contributed by atoms with Gasteiger partial charge in [-0.25, -0.2) is 0 Å². The monoisotopic (exact) mass is 256 g/mol. The maximum atomic E-state index is 13.4. The van der Waals surface area contributed by atoms with Crippen LogP contribution in [0.3, 0.4) is 0 Å². The van der Waals surface area contributed by atoms with Crippen LogP contribution >= 0.6 is 0 Å². The van der Waals surface area contributed by atoms with Crippen LogP contribution in [0.25, 0.3) is 0 Å². The highest BCUT2D eigenvalue weighted by molar-refractivity contribution is 5.34. The Labute approximate surface area is 105 Å². The summed E-state index contributed by atoms with van der Waals surface area (Å²) < 4.78 is 13.4. The molecule has 1 aromatic rings. The molecule has 0 radical (unpaired) electrons. The molecule has 0 saturated heterocycles. The van der Waals surface area contributed by atoms with Gasteiger partial charge in [-0.2, -0.15) is 4.39 Å². The Morgan fingerprint density at radius 1 is 1.50 bits per heavy atom. The van der Waals surface area contributed by atoms with Crippen molar-refractivity contribution in [3.05, 3.63) is 39.7 Å². The van der Waals surface area contributed by atoms with E-state index in [1.165, 1.54) is 18.2 Å². The summed E-state index contributed by atoms with van der Waals surface area (Å²) in [4.78, 5) is 11.7. The first-order chi connectivity index (χ1) is 8.45. The molecule has 5 nitrogen and oxygen atoms in total. The number of halogens is 1. The summed E-state index contributed by atoms with van der Waals surface area (Å²) in [5, 5.41) is 19.4. The number of aliphatic hydroxyl groups is 1. The molecule has 18 heavy (non-hydrogen) atoms. The van der Waals surface area contributed by atoms with Gasteiger partial charge in [-0.05, 0) is 25.5 Å². The lowest BCUT2D eigenvalue weighted by molar-refractivity contribution is -0.387. The molecule has 1 rings (SSSR count). The van der Waals surface area contributed by atoms with E-state index in [0.717, 1.165) is 0 Å². The Hall–Kier alpha value is -1.53. The van der Waals surface area contributed by atoms with Gasteiger partial charge in [-0.3, -0.25) is 15.0 Å². The molecule has 0 aliphatic rings.